The first-order valence-electron chi connectivity index (χ1n) is 6.34. The maximum absolute atomic E-state index is 12.7. The van der Waals surface area contributed by atoms with Gasteiger partial charge >= 0.3 is 0 Å². The molecule has 0 aromatic carbocycles. The van der Waals surface area contributed by atoms with Gasteiger partial charge in [-0.05, 0) is 32.6 Å². The van der Waals surface area contributed by atoms with Crippen LogP contribution in [0.1, 0.15) is 31.4 Å². The Morgan fingerprint density at radius 3 is 2.42 bits per heavy atom. The lowest BCUT2D eigenvalue weighted by molar-refractivity contribution is 0.0769. The molecule has 1 aromatic rings. The van der Waals surface area contributed by atoms with Gasteiger partial charge in [0.05, 0.1) is 11.8 Å². The molecular weight excluding hydrogens is 286 g/mol. The fourth-order valence-electron chi connectivity index (χ4n) is 3.24. The Morgan fingerprint density at radius 2 is 1.95 bits per heavy atom. The smallest absolute Gasteiger partial charge is 0.255 e. The molecule has 2 unspecified atom stereocenters. The molecule has 1 aromatic heterocycles. The molecule has 2 fully saturated rings. The largest absolute Gasteiger partial charge is 0.393 e. The molecule has 3 N–H and O–H groups in total. The molecular formula is C11H17N3O3S2. The second-order valence-electron chi connectivity index (χ2n) is 5.27. The number of thiazole rings is 1. The molecule has 3 heterocycles. The summed E-state index contributed by atoms with van der Waals surface area (Å²) in [6.45, 7) is 1.67. The number of rotatable bonds is 2. The molecule has 0 saturated carbocycles. The summed E-state index contributed by atoms with van der Waals surface area (Å²) in [6.07, 6.45) is 2.34. The maximum atomic E-state index is 12.7. The minimum absolute atomic E-state index is 0.0820. The number of piperidine rings is 1. The Morgan fingerprint density at radius 1 is 1.37 bits per heavy atom. The van der Waals surface area contributed by atoms with Crippen molar-refractivity contribution in [2.24, 2.45) is 0 Å². The van der Waals surface area contributed by atoms with E-state index in [-0.39, 0.29) is 27.5 Å². The average molecular weight is 303 g/mol. The summed E-state index contributed by atoms with van der Waals surface area (Å²) in [5, 5.41) is 10.0. The molecule has 2 aliphatic heterocycles. The van der Waals surface area contributed by atoms with Crippen LogP contribution in [0.3, 0.4) is 0 Å². The number of fused-ring (bicyclic) bond motifs is 2. The van der Waals surface area contributed by atoms with Crippen molar-refractivity contribution in [2.75, 3.05) is 5.73 Å². The lowest BCUT2D eigenvalue weighted by atomic mass is 10.0. The van der Waals surface area contributed by atoms with Crippen molar-refractivity contribution in [3.8, 4) is 0 Å². The van der Waals surface area contributed by atoms with Gasteiger partial charge in [0.15, 0.2) is 9.34 Å². The molecule has 2 aliphatic rings. The van der Waals surface area contributed by atoms with Crippen molar-refractivity contribution < 1.29 is 13.5 Å². The van der Waals surface area contributed by atoms with Crippen molar-refractivity contribution in [2.45, 2.75) is 55.0 Å². The van der Waals surface area contributed by atoms with Crippen LogP contribution in [-0.4, -0.2) is 41.0 Å². The van der Waals surface area contributed by atoms with E-state index in [1.165, 1.54) is 0 Å². The minimum Gasteiger partial charge on any atom is -0.393 e. The standard InChI is InChI=1S/C11H17N3O3S2/c1-6-10(18-11(12)13-6)19(16,17)14-7-2-3-8(14)5-9(15)4-7/h7-9,15H,2-5H2,1H3,(H2,12,13). The van der Waals surface area contributed by atoms with Crippen molar-refractivity contribution in [1.29, 1.82) is 0 Å². The molecule has 0 spiro atoms. The predicted octanol–water partition coefficient (Wildman–Crippen LogP) is 0.710. The minimum atomic E-state index is -3.53. The first-order chi connectivity index (χ1) is 8.89. The van der Waals surface area contributed by atoms with Gasteiger partial charge in [-0.15, -0.1) is 0 Å². The Balaban J connectivity index is 2.00. The van der Waals surface area contributed by atoms with E-state index in [4.69, 9.17) is 5.73 Å². The summed E-state index contributed by atoms with van der Waals surface area (Å²) in [5.74, 6) is 0. The third-order valence-corrected chi connectivity index (χ3v) is 7.50. The zero-order chi connectivity index (χ0) is 13.8. The second-order valence-corrected chi connectivity index (χ2v) is 8.34. The molecule has 3 rings (SSSR count). The number of anilines is 1. The lowest BCUT2D eigenvalue weighted by Crippen LogP contribution is -2.47. The number of aromatic nitrogens is 1. The molecule has 2 atom stereocenters. The van der Waals surface area contributed by atoms with Crippen LogP contribution >= 0.6 is 11.3 Å². The van der Waals surface area contributed by atoms with Gasteiger partial charge in [-0.25, -0.2) is 13.4 Å². The first kappa shape index (κ1) is 13.3. The van der Waals surface area contributed by atoms with Gasteiger partial charge in [0.2, 0.25) is 0 Å². The van der Waals surface area contributed by atoms with E-state index >= 15 is 0 Å². The highest BCUT2D eigenvalue weighted by atomic mass is 32.2. The van der Waals surface area contributed by atoms with Crippen LogP contribution in [-0.2, 0) is 10.0 Å². The van der Waals surface area contributed by atoms with E-state index in [0.717, 1.165) is 24.2 Å². The fourth-order valence-corrected chi connectivity index (χ4v) is 6.52. The third kappa shape index (κ3) is 2.06. The van der Waals surface area contributed by atoms with Gasteiger partial charge in [0.1, 0.15) is 0 Å². The van der Waals surface area contributed by atoms with Crippen LogP contribution in [0.2, 0.25) is 0 Å². The monoisotopic (exact) mass is 303 g/mol. The number of nitrogens with zero attached hydrogens (tertiary/aromatic N) is 2. The molecule has 8 heteroatoms. The number of aliphatic hydroxyl groups excluding tert-OH is 1. The Bertz CT molecular complexity index is 584. The SMILES string of the molecule is Cc1nc(N)sc1S(=O)(=O)N1C2CCC1CC(O)C2. The van der Waals surface area contributed by atoms with E-state index in [9.17, 15) is 13.5 Å². The Hall–Kier alpha value is -0.700. The van der Waals surface area contributed by atoms with Crippen molar-refractivity contribution in [3.63, 3.8) is 0 Å². The number of sulfonamides is 1. The fraction of sp³-hybridized carbons (Fsp3) is 0.727. The first-order valence-corrected chi connectivity index (χ1v) is 8.59. The molecule has 2 saturated heterocycles. The molecule has 0 amide bonds. The van der Waals surface area contributed by atoms with Crippen LogP contribution in [0.15, 0.2) is 4.21 Å². The summed E-state index contributed by atoms with van der Waals surface area (Å²) in [5.41, 5.74) is 6.06. The highest BCUT2D eigenvalue weighted by molar-refractivity contribution is 7.91. The molecule has 0 radical (unpaired) electrons. The average Bonchev–Trinajstić information content (AvgIpc) is 2.78. The van der Waals surface area contributed by atoms with E-state index in [2.05, 4.69) is 4.98 Å². The van der Waals surface area contributed by atoms with Crippen LogP contribution in [0.4, 0.5) is 5.13 Å². The summed E-state index contributed by atoms with van der Waals surface area (Å²) < 4.78 is 27.3. The summed E-state index contributed by atoms with van der Waals surface area (Å²) in [4.78, 5) is 4.00. The highest BCUT2D eigenvalue weighted by Crippen LogP contribution is 2.41. The zero-order valence-corrected chi connectivity index (χ0v) is 12.2. The van der Waals surface area contributed by atoms with Gasteiger partial charge in [-0.2, -0.15) is 4.31 Å². The van der Waals surface area contributed by atoms with Crippen LogP contribution in [0.5, 0.6) is 0 Å². The summed E-state index contributed by atoms with van der Waals surface area (Å²) >= 11 is 1.02. The van der Waals surface area contributed by atoms with Gasteiger partial charge in [0.25, 0.3) is 10.0 Å². The van der Waals surface area contributed by atoms with E-state index in [1.807, 2.05) is 0 Å². The van der Waals surface area contributed by atoms with Crippen LogP contribution < -0.4 is 5.73 Å². The molecule has 106 valence electrons. The van der Waals surface area contributed by atoms with Crippen LogP contribution in [0.25, 0.3) is 0 Å². The van der Waals surface area contributed by atoms with Gasteiger partial charge in [0, 0.05) is 12.1 Å². The number of hydrogen-bond acceptors (Lipinski definition) is 6. The normalized spacial score (nSPS) is 31.8. The van der Waals surface area contributed by atoms with Crippen molar-refractivity contribution in [3.05, 3.63) is 5.69 Å². The predicted molar refractivity (Wildman–Crippen MR) is 72.3 cm³/mol. The molecule has 2 bridgehead atoms. The van der Waals surface area contributed by atoms with Crippen molar-refractivity contribution in [1.82, 2.24) is 9.29 Å². The van der Waals surface area contributed by atoms with Gasteiger partial charge < -0.3 is 10.8 Å². The number of aliphatic hydroxyl groups is 1. The van der Waals surface area contributed by atoms with E-state index < -0.39 is 10.0 Å². The quantitative estimate of drug-likeness (QED) is 0.839. The maximum Gasteiger partial charge on any atom is 0.255 e. The number of nitrogen functional groups attached to an aromatic ring is 1. The zero-order valence-electron chi connectivity index (χ0n) is 10.6. The Kier molecular flexibility index (Phi) is 3.08. The summed E-state index contributed by atoms with van der Waals surface area (Å²) in [6, 6.07) is -0.164. The summed E-state index contributed by atoms with van der Waals surface area (Å²) in [7, 11) is -3.53. The molecule has 19 heavy (non-hydrogen) atoms. The van der Waals surface area contributed by atoms with Gasteiger partial charge in [-0.1, -0.05) is 11.3 Å². The lowest BCUT2D eigenvalue weighted by Gasteiger charge is -2.35. The Labute approximate surface area is 116 Å². The van der Waals surface area contributed by atoms with Crippen molar-refractivity contribution >= 4 is 26.5 Å². The van der Waals surface area contributed by atoms with E-state index in [1.54, 1.807) is 11.2 Å². The van der Waals surface area contributed by atoms with Gasteiger partial charge in [-0.3, -0.25) is 0 Å². The molecule has 6 nitrogen and oxygen atoms in total. The number of aryl methyl sites for hydroxylation is 1. The topological polar surface area (TPSA) is 96.5 Å². The van der Waals surface area contributed by atoms with E-state index in [0.29, 0.717) is 18.5 Å². The van der Waals surface area contributed by atoms with Crippen LogP contribution in [0, 0.1) is 6.92 Å². The third-order valence-electron chi connectivity index (χ3n) is 3.92. The highest BCUT2D eigenvalue weighted by Gasteiger charge is 2.47. The second kappa shape index (κ2) is 4.41. The number of nitrogens with two attached hydrogens (primary N) is 1. The number of hydrogen-bond donors (Lipinski definition) is 2. The molecule has 0 aliphatic carbocycles.